The fraction of sp³-hybridized carbons (Fsp3) is 0.222. The van der Waals surface area contributed by atoms with Gasteiger partial charge in [0.05, 0.1) is 28.4 Å². The van der Waals surface area contributed by atoms with Crippen LogP contribution in [0.4, 0.5) is 11.4 Å². The molecule has 8 nitrogen and oxygen atoms in total. The van der Waals surface area contributed by atoms with Gasteiger partial charge in [-0.3, -0.25) is 19.7 Å². The van der Waals surface area contributed by atoms with Crippen molar-refractivity contribution in [3.63, 3.8) is 0 Å². The van der Waals surface area contributed by atoms with Gasteiger partial charge in [-0.05, 0) is 30.7 Å². The molecule has 0 aliphatic carbocycles. The third-order valence-corrected chi connectivity index (χ3v) is 4.44. The maximum absolute atomic E-state index is 12.0. The molecular weight excluding hydrogens is 372 g/mol. The van der Waals surface area contributed by atoms with Gasteiger partial charge in [0.15, 0.2) is 6.61 Å². The minimum atomic E-state index is -0.649. The molecule has 0 atom stereocenters. The Balaban J connectivity index is 1.85. The fourth-order valence-corrected chi connectivity index (χ4v) is 2.98. The molecule has 0 aromatic heterocycles. The molecule has 2 aromatic rings. The lowest BCUT2D eigenvalue weighted by Gasteiger charge is -2.11. The van der Waals surface area contributed by atoms with E-state index < -0.39 is 23.4 Å². The lowest BCUT2D eigenvalue weighted by atomic mass is 10.2. The molecule has 0 radical (unpaired) electrons. The number of nitro groups is 1. The van der Waals surface area contributed by atoms with Gasteiger partial charge < -0.3 is 14.8 Å². The summed E-state index contributed by atoms with van der Waals surface area (Å²) in [6, 6.07) is 11.4. The largest absolute Gasteiger partial charge is 0.495 e. The standard InChI is InChI=1S/C18H18N2O6S/c1-12-7-8-15(25-2)13(9-12)19-17(21)10-26-18(22)11-27-16-6-4-3-5-14(16)20(23)24/h3-9H,10-11H2,1-2H3,(H,19,21). The fourth-order valence-electron chi connectivity index (χ4n) is 2.16. The number of rotatable bonds is 8. The second-order valence-electron chi connectivity index (χ2n) is 5.43. The molecule has 0 unspecified atom stereocenters. The van der Waals surface area contributed by atoms with Crippen molar-refractivity contribution >= 4 is 35.0 Å². The van der Waals surface area contributed by atoms with Crippen molar-refractivity contribution in [2.24, 2.45) is 0 Å². The van der Waals surface area contributed by atoms with Crippen molar-refractivity contribution in [2.75, 3.05) is 24.8 Å². The van der Waals surface area contributed by atoms with Crippen LogP contribution in [0, 0.1) is 17.0 Å². The number of anilines is 1. The minimum Gasteiger partial charge on any atom is -0.495 e. The summed E-state index contributed by atoms with van der Waals surface area (Å²) < 4.78 is 10.1. The molecule has 0 bridgehead atoms. The first-order valence-electron chi connectivity index (χ1n) is 7.87. The van der Waals surface area contributed by atoms with Crippen LogP contribution in [0.2, 0.25) is 0 Å². The van der Waals surface area contributed by atoms with Gasteiger partial charge in [-0.15, -0.1) is 11.8 Å². The Kier molecular flexibility index (Phi) is 7.18. The molecule has 2 aromatic carbocycles. The Morgan fingerprint density at radius 1 is 1.22 bits per heavy atom. The van der Waals surface area contributed by atoms with E-state index in [1.54, 1.807) is 30.3 Å². The molecule has 0 aliphatic heterocycles. The molecule has 0 saturated heterocycles. The average molecular weight is 390 g/mol. The van der Waals surface area contributed by atoms with E-state index in [1.165, 1.54) is 13.2 Å². The van der Waals surface area contributed by atoms with Crippen LogP contribution < -0.4 is 10.1 Å². The third kappa shape index (κ3) is 6.00. The first kappa shape index (κ1) is 20.2. The number of nitrogens with one attached hydrogen (secondary N) is 1. The predicted molar refractivity (Wildman–Crippen MR) is 101 cm³/mol. The average Bonchev–Trinajstić information content (AvgIpc) is 2.65. The van der Waals surface area contributed by atoms with E-state index >= 15 is 0 Å². The quantitative estimate of drug-likeness (QED) is 0.319. The van der Waals surface area contributed by atoms with Crippen LogP contribution in [0.15, 0.2) is 47.4 Å². The first-order chi connectivity index (χ1) is 12.9. The summed E-state index contributed by atoms with van der Waals surface area (Å²) in [4.78, 5) is 34.6. The van der Waals surface area contributed by atoms with Gasteiger partial charge in [-0.2, -0.15) is 0 Å². The summed E-state index contributed by atoms with van der Waals surface area (Å²) in [5.41, 5.74) is 1.33. The Bertz CT molecular complexity index is 855. The van der Waals surface area contributed by atoms with E-state index in [2.05, 4.69) is 5.32 Å². The van der Waals surface area contributed by atoms with Crippen molar-refractivity contribution in [1.29, 1.82) is 0 Å². The smallest absolute Gasteiger partial charge is 0.316 e. The summed E-state index contributed by atoms with van der Waals surface area (Å²) in [5, 5.41) is 13.6. The van der Waals surface area contributed by atoms with Gasteiger partial charge in [0, 0.05) is 6.07 Å². The number of carbonyl (C=O) groups is 2. The van der Waals surface area contributed by atoms with Gasteiger partial charge in [0.1, 0.15) is 5.75 Å². The number of nitro benzene ring substituents is 1. The minimum absolute atomic E-state index is 0.0837. The molecule has 142 valence electrons. The van der Waals surface area contributed by atoms with Crippen LogP contribution >= 0.6 is 11.8 Å². The van der Waals surface area contributed by atoms with Crippen LogP contribution in [0.25, 0.3) is 0 Å². The summed E-state index contributed by atoms with van der Waals surface area (Å²) in [6.07, 6.45) is 0. The number of esters is 1. The van der Waals surface area contributed by atoms with Gasteiger partial charge in [0.25, 0.3) is 11.6 Å². The van der Waals surface area contributed by atoms with E-state index in [1.807, 2.05) is 13.0 Å². The highest BCUT2D eigenvalue weighted by Crippen LogP contribution is 2.28. The normalized spacial score (nSPS) is 10.1. The van der Waals surface area contributed by atoms with E-state index in [0.29, 0.717) is 16.3 Å². The summed E-state index contributed by atoms with van der Waals surface area (Å²) in [5.74, 6) is -0.814. The Morgan fingerprint density at radius 3 is 2.67 bits per heavy atom. The Morgan fingerprint density at radius 2 is 1.96 bits per heavy atom. The van der Waals surface area contributed by atoms with E-state index in [0.717, 1.165) is 17.3 Å². The van der Waals surface area contributed by atoms with Crippen LogP contribution in [0.5, 0.6) is 5.75 Å². The van der Waals surface area contributed by atoms with Gasteiger partial charge in [0.2, 0.25) is 0 Å². The van der Waals surface area contributed by atoms with E-state index in [-0.39, 0.29) is 11.4 Å². The summed E-state index contributed by atoms with van der Waals surface area (Å²) in [6.45, 7) is 1.41. The van der Waals surface area contributed by atoms with E-state index in [4.69, 9.17) is 9.47 Å². The maximum atomic E-state index is 12.0. The van der Waals surface area contributed by atoms with Crippen LogP contribution in [-0.4, -0.2) is 36.3 Å². The number of nitrogens with zero attached hydrogens (tertiary/aromatic N) is 1. The molecule has 0 fully saturated rings. The molecule has 0 saturated carbocycles. The highest BCUT2D eigenvalue weighted by Gasteiger charge is 2.16. The summed E-state index contributed by atoms with van der Waals surface area (Å²) >= 11 is 0.979. The van der Waals surface area contributed by atoms with Crippen molar-refractivity contribution in [3.8, 4) is 5.75 Å². The molecule has 2 rings (SSSR count). The number of carbonyl (C=O) groups excluding carboxylic acids is 2. The van der Waals surface area contributed by atoms with Crippen LogP contribution in [0.3, 0.4) is 0 Å². The third-order valence-electron chi connectivity index (χ3n) is 3.40. The zero-order valence-electron chi connectivity index (χ0n) is 14.8. The molecule has 1 amide bonds. The number of methoxy groups -OCH3 is 1. The van der Waals surface area contributed by atoms with Gasteiger partial charge >= 0.3 is 5.97 Å². The molecule has 0 spiro atoms. The number of aryl methyl sites for hydroxylation is 1. The number of amides is 1. The highest BCUT2D eigenvalue weighted by atomic mass is 32.2. The monoisotopic (exact) mass is 390 g/mol. The van der Waals surface area contributed by atoms with Gasteiger partial charge in [-0.1, -0.05) is 18.2 Å². The zero-order valence-corrected chi connectivity index (χ0v) is 15.6. The lowest BCUT2D eigenvalue weighted by Crippen LogP contribution is -2.22. The summed E-state index contributed by atoms with van der Waals surface area (Å²) in [7, 11) is 1.49. The van der Waals surface area contributed by atoms with E-state index in [9.17, 15) is 19.7 Å². The predicted octanol–water partition coefficient (Wildman–Crippen LogP) is 3.19. The maximum Gasteiger partial charge on any atom is 0.316 e. The SMILES string of the molecule is COc1ccc(C)cc1NC(=O)COC(=O)CSc1ccccc1[N+](=O)[O-]. The van der Waals surface area contributed by atoms with Crippen molar-refractivity contribution in [1.82, 2.24) is 0 Å². The number of hydrogen-bond acceptors (Lipinski definition) is 7. The van der Waals surface area contributed by atoms with Crippen LogP contribution in [0.1, 0.15) is 5.56 Å². The first-order valence-corrected chi connectivity index (χ1v) is 8.85. The molecule has 0 aliphatic rings. The second kappa shape index (κ2) is 9.58. The number of hydrogen-bond donors (Lipinski definition) is 1. The Labute approximate surface area is 160 Å². The molecular formula is C18H18N2O6S. The lowest BCUT2D eigenvalue weighted by molar-refractivity contribution is -0.387. The number of thioether (sulfide) groups is 1. The molecule has 27 heavy (non-hydrogen) atoms. The Hall–Kier alpha value is -3.07. The van der Waals surface area contributed by atoms with Crippen molar-refractivity contribution in [3.05, 3.63) is 58.1 Å². The molecule has 0 heterocycles. The number of benzene rings is 2. The second-order valence-corrected chi connectivity index (χ2v) is 6.44. The van der Waals surface area contributed by atoms with Gasteiger partial charge in [-0.25, -0.2) is 0 Å². The van der Waals surface area contributed by atoms with Crippen LogP contribution in [-0.2, 0) is 14.3 Å². The van der Waals surface area contributed by atoms with Crippen molar-refractivity contribution < 1.29 is 24.0 Å². The molecule has 1 N–H and O–H groups in total. The number of ether oxygens (including phenoxy) is 2. The van der Waals surface area contributed by atoms with Crippen molar-refractivity contribution in [2.45, 2.75) is 11.8 Å². The molecule has 9 heteroatoms. The topological polar surface area (TPSA) is 108 Å². The number of para-hydroxylation sites is 1. The zero-order chi connectivity index (χ0) is 19.8. The highest BCUT2D eigenvalue weighted by molar-refractivity contribution is 8.00.